The number of aliphatic hydroxyl groups is 1. The molecule has 1 saturated heterocycles. The summed E-state index contributed by atoms with van der Waals surface area (Å²) in [6, 6.07) is 0. The first-order chi connectivity index (χ1) is 5.41. The Kier molecular flexibility index (Phi) is 9.77. The van der Waals surface area contributed by atoms with Gasteiger partial charge < -0.3 is 14.6 Å². The minimum absolute atomic E-state index is 0.133. The second kappa shape index (κ2) is 9.88. The van der Waals surface area contributed by atoms with Crippen LogP contribution in [0.25, 0.3) is 0 Å². The number of rotatable bonds is 3. The van der Waals surface area contributed by atoms with Crippen LogP contribution in [0.5, 0.6) is 0 Å². The van der Waals surface area contributed by atoms with Crippen molar-refractivity contribution in [3.05, 3.63) is 0 Å². The number of ether oxygens (including phenoxy) is 2. The second-order valence-electron chi connectivity index (χ2n) is 2.24. The first-order valence-corrected chi connectivity index (χ1v) is 4.18. The molecule has 1 aliphatic rings. The van der Waals surface area contributed by atoms with Crippen molar-refractivity contribution < 1.29 is 14.6 Å². The van der Waals surface area contributed by atoms with Gasteiger partial charge >= 0.3 is 0 Å². The highest BCUT2D eigenvalue weighted by molar-refractivity contribution is 4.43. The molecule has 0 aromatic heterocycles. The number of hydrogen-bond donors (Lipinski definition) is 1. The van der Waals surface area contributed by atoms with Gasteiger partial charge in [-0.2, -0.15) is 0 Å². The van der Waals surface area contributed by atoms with Crippen LogP contribution in [0.4, 0.5) is 0 Å². The molecule has 0 atom stereocenters. The first kappa shape index (κ1) is 10.9. The molecule has 68 valence electrons. The maximum absolute atomic E-state index is 8.07. The molecule has 0 spiro atoms. The Labute approximate surface area is 68.3 Å². The Morgan fingerprint density at radius 2 is 2.00 bits per heavy atom. The first-order valence-electron chi connectivity index (χ1n) is 4.18. The van der Waals surface area contributed by atoms with Gasteiger partial charge in [-0.3, -0.25) is 0 Å². The highest BCUT2D eigenvalue weighted by Gasteiger charge is 1.94. The molecule has 0 unspecified atom stereocenters. The Hall–Kier alpha value is -0.120. The van der Waals surface area contributed by atoms with E-state index in [1.807, 2.05) is 6.92 Å². The van der Waals surface area contributed by atoms with Gasteiger partial charge in [-0.1, -0.05) is 0 Å². The summed E-state index contributed by atoms with van der Waals surface area (Å²) < 4.78 is 9.68. The van der Waals surface area contributed by atoms with E-state index >= 15 is 0 Å². The third-order valence-corrected chi connectivity index (χ3v) is 1.27. The monoisotopic (exact) mass is 162 g/mol. The lowest BCUT2D eigenvalue weighted by molar-refractivity contribution is 0.102. The van der Waals surface area contributed by atoms with Crippen molar-refractivity contribution in [2.45, 2.75) is 19.8 Å². The smallest absolute Gasteiger partial charge is 0.0697 e. The van der Waals surface area contributed by atoms with Gasteiger partial charge in [0.25, 0.3) is 0 Å². The lowest BCUT2D eigenvalue weighted by Gasteiger charge is -1.91. The van der Waals surface area contributed by atoms with Crippen LogP contribution in [0.1, 0.15) is 19.8 Å². The average Bonchev–Trinajstić information content (AvgIpc) is 2.57. The topological polar surface area (TPSA) is 38.7 Å². The highest BCUT2D eigenvalue weighted by Crippen LogP contribution is 1.98. The zero-order valence-corrected chi connectivity index (χ0v) is 7.21. The standard InChI is InChI=1S/C4H10O2.C4H8O/c1-2-6-4-3-5;1-2-4-5-3-1/h5H,2-4H2,1H3;1-4H2. The maximum atomic E-state index is 8.07. The fourth-order valence-corrected chi connectivity index (χ4v) is 0.719. The minimum atomic E-state index is 0.133. The van der Waals surface area contributed by atoms with Crippen molar-refractivity contribution in [1.82, 2.24) is 0 Å². The average molecular weight is 162 g/mol. The molecule has 1 N–H and O–H groups in total. The normalized spacial score (nSPS) is 15.8. The molecule has 0 amide bonds. The van der Waals surface area contributed by atoms with Crippen LogP contribution >= 0.6 is 0 Å². The Balaban J connectivity index is 0.000000183. The molecular weight excluding hydrogens is 144 g/mol. The largest absolute Gasteiger partial charge is 0.394 e. The molecule has 0 aromatic carbocycles. The molecule has 0 aromatic rings. The van der Waals surface area contributed by atoms with E-state index in [0.29, 0.717) is 13.2 Å². The van der Waals surface area contributed by atoms with Crippen LogP contribution in [0, 0.1) is 0 Å². The van der Waals surface area contributed by atoms with Gasteiger partial charge in [0.15, 0.2) is 0 Å². The summed E-state index contributed by atoms with van der Waals surface area (Å²) in [7, 11) is 0. The third-order valence-electron chi connectivity index (χ3n) is 1.27. The predicted octanol–water partition coefficient (Wildman–Crippen LogP) is 0.812. The van der Waals surface area contributed by atoms with Gasteiger partial charge in [0.05, 0.1) is 13.2 Å². The van der Waals surface area contributed by atoms with Crippen LogP contribution in [-0.2, 0) is 9.47 Å². The number of aliphatic hydroxyl groups excluding tert-OH is 1. The van der Waals surface area contributed by atoms with Gasteiger partial charge in [-0.25, -0.2) is 0 Å². The lowest BCUT2D eigenvalue weighted by atomic mass is 10.4. The van der Waals surface area contributed by atoms with Crippen molar-refractivity contribution in [1.29, 1.82) is 0 Å². The van der Waals surface area contributed by atoms with Crippen molar-refractivity contribution >= 4 is 0 Å². The van der Waals surface area contributed by atoms with Gasteiger partial charge in [-0.15, -0.1) is 0 Å². The Morgan fingerprint density at radius 3 is 2.18 bits per heavy atom. The molecule has 3 heteroatoms. The summed E-state index contributed by atoms with van der Waals surface area (Å²) in [5, 5.41) is 8.07. The van der Waals surface area contributed by atoms with Gasteiger partial charge in [-0.05, 0) is 19.8 Å². The highest BCUT2D eigenvalue weighted by atomic mass is 16.5. The van der Waals surface area contributed by atoms with Crippen molar-refractivity contribution in [3.8, 4) is 0 Å². The lowest BCUT2D eigenvalue weighted by Crippen LogP contribution is -1.96. The zero-order valence-electron chi connectivity index (χ0n) is 7.21. The van der Waals surface area contributed by atoms with Crippen LogP contribution in [0.15, 0.2) is 0 Å². The summed E-state index contributed by atoms with van der Waals surface area (Å²) in [5.74, 6) is 0. The van der Waals surface area contributed by atoms with Gasteiger partial charge in [0, 0.05) is 19.8 Å². The number of hydrogen-bond acceptors (Lipinski definition) is 3. The van der Waals surface area contributed by atoms with E-state index in [4.69, 9.17) is 14.6 Å². The summed E-state index contributed by atoms with van der Waals surface area (Å²) >= 11 is 0. The zero-order chi connectivity index (χ0) is 8.36. The SMILES string of the molecule is C1CCOC1.CCOCCO. The van der Waals surface area contributed by atoms with Gasteiger partial charge in [0.2, 0.25) is 0 Å². The van der Waals surface area contributed by atoms with Crippen LogP contribution in [-0.4, -0.2) is 38.1 Å². The Morgan fingerprint density at radius 1 is 1.36 bits per heavy atom. The van der Waals surface area contributed by atoms with Gasteiger partial charge in [0.1, 0.15) is 0 Å². The van der Waals surface area contributed by atoms with Crippen molar-refractivity contribution in [2.75, 3.05) is 33.0 Å². The van der Waals surface area contributed by atoms with E-state index in [1.54, 1.807) is 0 Å². The predicted molar refractivity (Wildman–Crippen MR) is 43.6 cm³/mol. The molecule has 3 nitrogen and oxygen atoms in total. The van der Waals surface area contributed by atoms with Crippen LogP contribution in [0.3, 0.4) is 0 Å². The quantitative estimate of drug-likeness (QED) is 0.624. The summed E-state index contributed by atoms with van der Waals surface area (Å²) in [5.41, 5.74) is 0. The molecule has 1 aliphatic heterocycles. The third kappa shape index (κ3) is 9.88. The van der Waals surface area contributed by atoms with E-state index in [1.165, 1.54) is 12.8 Å². The van der Waals surface area contributed by atoms with Crippen molar-refractivity contribution in [3.63, 3.8) is 0 Å². The van der Waals surface area contributed by atoms with Crippen LogP contribution < -0.4 is 0 Å². The Bertz CT molecular complexity index is 50.7. The molecule has 0 radical (unpaired) electrons. The second-order valence-corrected chi connectivity index (χ2v) is 2.24. The minimum Gasteiger partial charge on any atom is -0.394 e. The fraction of sp³-hybridized carbons (Fsp3) is 1.00. The van der Waals surface area contributed by atoms with E-state index in [-0.39, 0.29) is 6.61 Å². The van der Waals surface area contributed by atoms with E-state index < -0.39 is 0 Å². The molecule has 1 heterocycles. The molecule has 0 bridgehead atoms. The summed E-state index contributed by atoms with van der Waals surface area (Å²) in [6.07, 6.45) is 2.56. The molecule has 1 fully saturated rings. The molecule has 11 heavy (non-hydrogen) atoms. The van der Waals surface area contributed by atoms with Crippen molar-refractivity contribution in [2.24, 2.45) is 0 Å². The van der Waals surface area contributed by atoms with Crippen LogP contribution in [0.2, 0.25) is 0 Å². The molecule has 0 aliphatic carbocycles. The maximum Gasteiger partial charge on any atom is 0.0697 e. The molecular formula is C8H18O3. The van der Waals surface area contributed by atoms with E-state index in [9.17, 15) is 0 Å². The van der Waals surface area contributed by atoms with E-state index in [0.717, 1.165) is 13.2 Å². The van der Waals surface area contributed by atoms with E-state index in [2.05, 4.69) is 0 Å². The fourth-order valence-electron chi connectivity index (χ4n) is 0.719. The molecule has 0 saturated carbocycles. The summed E-state index contributed by atoms with van der Waals surface area (Å²) in [4.78, 5) is 0. The molecule has 1 rings (SSSR count). The summed E-state index contributed by atoms with van der Waals surface area (Å²) in [6.45, 7) is 5.20.